The summed E-state index contributed by atoms with van der Waals surface area (Å²) in [5.41, 5.74) is 0.931. The standard InChI is InChI=1S/C18H25N3O4S/c1-5-6-11-21(2)14-7-10-18(19-13-14)20-26(22,23)17-12-15(24-3)8-9-16(17)25-4/h7-10,12-13H,5-6,11H2,1-4H3,(H,19,20). The first kappa shape index (κ1) is 19.8. The zero-order valence-corrected chi connectivity index (χ0v) is 16.3. The van der Waals surface area contributed by atoms with Gasteiger partial charge in [-0.1, -0.05) is 13.3 Å². The summed E-state index contributed by atoms with van der Waals surface area (Å²) in [4.78, 5) is 6.29. The number of unbranched alkanes of at least 4 members (excludes halogenated alkanes) is 1. The fraction of sp³-hybridized carbons (Fsp3) is 0.389. The smallest absolute Gasteiger partial charge is 0.266 e. The van der Waals surface area contributed by atoms with E-state index < -0.39 is 10.0 Å². The van der Waals surface area contributed by atoms with Gasteiger partial charge in [0.1, 0.15) is 22.2 Å². The lowest BCUT2D eigenvalue weighted by atomic mass is 10.3. The van der Waals surface area contributed by atoms with Crippen LogP contribution in [0.15, 0.2) is 41.4 Å². The second kappa shape index (κ2) is 8.75. The third-order valence-electron chi connectivity index (χ3n) is 3.93. The molecule has 1 heterocycles. The van der Waals surface area contributed by atoms with Crippen LogP contribution in [0.5, 0.6) is 11.5 Å². The van der Waals surface area contributed by atoms with Crippen LogP contribution in [0.25, 0.3) is 0 Å². The van der Waals surface area contributed by atoms with Crippen molar-refractivity contribution in [3.8, 4) is 11.5 Å². The van der Waals surface area contributed by atoms with E-state index in [0.717, 1.165) is 25.1 Å². The molecule has 0 atom stereocenters. The third-order valence-corrected chi connectivity index (χ3v) is 5.31. The molecule has 1 aromatic carbocycles. The van der Waals surface area contributed by atoms with Crippen LogP contribution in [0.2, 0.25) is 0 Å². The minimum atomic E-state index is -3.87. The molecule has 0 bridgehead atoms. The topological polar surface area (TPSA) is 80.8 Å². The van der Waals surface area contributed by atoms with Gasteiger partial charge in [0.25, 0.3) is 10.0 Å². The molecule has 1 aromatic heterocycles. The highest BCUT2D eigenvalue weighted by Crippen LogP contribution is 2.29. The van der Waals surface area contributed by atoms with Gasteiger partial charge in [0.2, 0.25) is 0 Å². The molecule has 0 fully saturated rings. The minimum absolute atomic E-state index is 0.00899. The van der Waals surface area contributed by atoms with Crippen LogP contribution in [0.4, 0.5) is 11.5 Å². The first-order chi connectivity index (χ1) is 12.4. The lowest BCUT2D eigenvalue weighted by Crippen LogP contribution is -2.19. The second-order valence-corrected chi connectivity index (χ2v) is 7.45. The van der Waals surface area contributed by atoms with Crippen molar-refractivity contribution in [2.24, 2.45) is 0 Å². The summed E-state index contributed by atoms with van der Waals surface area (Å²) in [5.74, 6) is 0.892. The summed E-state index contributed by atoms with van der Waals surface area (Å²) in [7, 11) is 1.01. The number of hydrogen-bond donors (Lipinski definition) is 1. The molecule has 8 heteroatoms. The van der Waals surface area contributed by atoms with E-state index in [1.807, 2.05) is 13.1 Å². The summed E-state index contributed by atoms with van der Waals surface area (Å²) in [6, 6.07) is 8.07. The average molecular weight is 379 g/mol. The van der Waals surface area contributed by atoms with Crippen molar-refractivity contribution in [1.29, 1.82) is 0 Å². The first-order valence-electron chi connectivity index (χ1n) is 8.33. The number of anilines is 2. The Morgan fingerprint density at radius 3 is 2.50 bits per heavy atom. The van der Waals surface area contributed by atoms with E-state index in [0.29, 0.717) is 5.75 Å². The van der Waals surface area contributed by atoms with Gasteiger partial charge in [0.05, 0.1) is 26.1 Å². The number of benzene rings is 1. The van der Waals surface area contributed by atoms with Crippen LogP contribution >= 0.6 is 0 Å². The van der Waals surface area contributed by atoms with Crippen LogP contribution in [0, 0.1) is 0 Å². The molecule has 0 saturated carbocycles. The Morgan fingerprint density at radius 1 is 1.15 bits per heavy atom. The summed E-state index contributed by atoms with van der Waals surface area (Å²) >= 11 is 0. The summed E-state index contributed by atoms with van der Waals surface area (Å²) in [5, 5.41) is 0. The predicted octanol–water partition coefficient (Wildman–Crippen LogP) is 3.14. The van der Waals surface area contributed by atoms with E-state index in [1.165, 1.54) is 20.3 Å². The number of sulfonamides is 1. The highest BCUT2D eigenvalue weighted by molar-refractivity contribution is 7.92. The molecule has 0 aliphatic carbocycles. The van der Waals surface area contributed by atoms with Gasteiger partial charge in [-0.15, -0.1) is 0 Å². The SMILES string of the molecule is CCCCN(C)c1ccc(NS(=O)(=O)c2cc(OC)ccc2OC)nc1. The quantitative estimate of drug-likeness (QED) is 0.721. The molecule has 7 nitrogen and oxygen atoms in total. The molecule has 0 unspecified atom stereocenters. The lowest BCUT2D eigenvalue weighted by Gasteiger charge is -2.19. The van der Waals surface area contributed by atoms with Crippen molar-refractivity contribution < 1.29 is 17.9 Å². The average Bonchev–Trinajstić information content (AvgIpc) is 2.65. The number of ether oxygens (including phenoxy) is 2. The molecule has 142 valence electrons. The minimum Gasteiger partial charge on any atom is -0.497 e. The Bertz CT molecular complexity index is 823. The van der Waals surface area contributed by atoms with Crippen molar-refractivity contribution in [3.05, 3.63) is 36.5 Å². The van der Waals surface area contributed by atoms with Crippen molar-refractivity contribution in [2.75, 3.05) is 37.4 Å². The summed E-state index contributed by atoms with van der Waals surface area (Å²) in [6.45, 7) is 3.06. The molecule has 0 aliphatic heterocycles. The number of nitrogens with one attached hydrogen (secondary N) is 1. The van der Waals surface area contributed by atoms with E-state index in [1.54, 1.807) is 24.4 Å². The lowest BCUT2D eigenvalue weighted by molar-refractivity contribution is 0.392. The van der Waals surface area contributed by atoms with Crippen molar-refractivity contribution >= 4 is 21.5 Å². The van der Waals surface area contributed by atoms with Gasteiger partial charge in [-0.05, 0) is 30.7 Å². The number of rotatable bonds is 9. The number of pyridine rings is 1. The predicted molar refractivity (Wildman–Crippen MR) is 103 cm³/mol. The van der Waals surface area contributed by atoms with Gasteiger partial charge in [-0.2, -0.15) is 0 Å². The highest BCUT2D eigenvalue weighted by atomic mass is 32.2. The summed E-state index contributed by atoms with van der Waals surface area (Å²) in [6.07, 6.45) is 3.84. The molecular formula is C18H25N3O4S. The van der Waals surface area contributed by atoms with Crippen LogP contribution < -0.4 is 19.1 Å². The van der Waals surface area contributed by atoms with E-state index in [2.05, 4.69) is 21.5 Å². The molecule has 26 heavy (non-hydrogen) atoms. The van der Waals surface area contributed by atoms with Crippen LogP contribution in [0.1, 0.15) is 19.8 Å². The van der Waals surface area contributed by atoms with Crippen molar-refractivity contribution in [3.63, 3.8) is 0 Å². The highest BCUT2D eigenvalue weighted by Gasteiger charge is 2.21. The Kier molecular flexibility index (Phi) is 6.68. The zero-order valence-electron chi connectivity index (χ0n) is 15.5. The van der Waals surface area contributed by atoms with Gasteiger partial charge < -0.3 is 14.4 Å². The summed E-state index contributed by atoms with van der Waals surface area (Å²) < 4.78 is 38.2. The fourth-order valence-electron chi connectivity index (χ4n) is 2.38. The fourth-order valence-corrected chi connectivity index (χ4v) is 3.58. The molecule has 0 amide bonds. The monoisotopic (exact) mass is 379 g/mol. The van der Waals surface area contributed by atoms with E-state index in [9.17, 15) is 8.42 Å². The normalized spacial score (nSPS) is 11.1. The molecule has 0 radical (unpaired) electrons. The Hall–Kier alpha value is -2.48. The molecule has 0 spiro atoms. The molecule has 2 aromatic rings. The molecule has 0 aliphatic rings. The maximum absolute atomic E-state index is 12.7. The van der Waals surface area contributed by atoms with Gasteiger partial charge >= 0.3 is 0 Å². The van der Waals surface area contributed by atoms with E-state index in [-0.39, 0.29) is 16.5 Å². The number of nitrogens with zero attached hydrogens (tertiary/aromatic N) is 2. The largest absolute Gasteiger partial charge is 0.497 e. The van der Waals surface area contributed by atoms with E-state index in [4.69, 9.17) is 9.47 Å². The van der Waals surface area contributed by atoms with Crippen LogP contribution in [-0.4, -0.2) is 41.2 Å². The third kappa shape index (κ3) is 4.78. The zero-order chi connectivity index (χ0) is 19.2. The number of aromatic nitrogens is 1. The molecule has 1 N–H and O–H groups in total. The molecule has 2 rings (SSSR count). The maximum atomic E-state index is 12.7. The van der Waals surface area contributed by atoms with Gasteiger partial charge in [-0.3, -0.25) is 4.72 Å². The number of methoxy groups -OCH3 is 2. The van der Waals surface area contributed by atoms with Crippen LogP contribution in [-0.2, 0) is 10.0 Å². The van der Waals surface area contributed by atoms with Crippen molar-refractivity contribution in [1.82, 2.24) is 4.98 Å². The van der Waals surface area contributed by atoms with E-state index >= 15 is 0 Å². The second-order valence-electron chi connectivity index (χ2n) is 5.80. The van der Waals surface area contributed by atoms with Crippen molar-refractivity contribution in [2.45, 2.75) is 24.7 Å². The molecular weight excluding hydrogens is 354 g/mol. The van der Waals surface area contributed by atoms with Gasteiger partial charge in [-0.25, -0.2) is 13.4 Å². The van der Waals surface area contributed by atoms with Gasteiger partial charge in [0.15, 0.2) is 0 Å². The first-order valence-corrected chi connectivity index (χ1v) is 9.81. The molecule has 0 saturated heterocycles. The van der Waals surface area contributed by atoms with Crippen LogP contribution in [0.3, 0.4) is 0 Å². The maximum Gasteiger partial charge on any atom is 0.266 e. The van der Waals surface area contributed by atoms with Gasteiger partial charge in [0, 0.05) is 19.7 Å². The Labute approximate surface area is 155 Å². The Balaban J connectivity index is 2.22. The Morgan fingerprint density at radius 2 is 1.92 bits per heavy atom. The number of hydrogen-bond acceptors (Lipinski definition) is 6.